The fraction of sp³-hybridized carbons (Fsp3) is 0.625. The number of piperazine rings is 1. The molecule has 0 amide bonds. The van der Waals surface area contributed by atoms with Gasteiger partial charge >= 0.3 is 6.18 Å². The maximum Gasteiger partial charge on any atom is 0.427 e. The van der Waals surface area contributed by atoms with Gasteiger partial charge in [0.15, 0.2) is 5.13 Å². The van der Waals surface area contributed by atoms with Crippen LogP contribution < -0.4 is 10.2 Å². The largest absolute Gasteiger partial charge is 0.427 e. The number of alkyl halides is 4. The highest BCUT2D eigenvalue weighted by Crippen LogP contribution is 2.37. The van der Waals surface area contributed by atoms with Crippen molar-refractivity contribution in [3.8, 4) is 0 Å². The summed E-state index contributed by atoms with van der Waals surface area (Å²) < 4.78 is 37.4. The summed E-state index contributed by atoms with van der Waals surface area (Å²) in [5, 5.41) is 3.63. The van der Waals surface area contributed by atoms with Crippen LogP contribution in [0.25, 0.3) is 0 Å². The lowest BCUT2D eigenvalue weighted by molar-refractivity contribution is -0.134. The number of anilines is 1. The van der Waals surface area contributed by atoms with Crippen LogP contribution in [-0.2, 0) is 6.18 Å². The summed E-state index contributed by atoms with van der Waals surface area (Å²) in [5.41, 5.74) is 0. The molecule has 0 aromatic carbocycles. The number of nitrogens with one attached hydrogen (secondary N) is 1. The topological polar surface area (TPSA) is 28.2 Å². The van der Waals surface area contributed by atoms with Gasteiger partial charge in [0.2, 0.25) is 0 Å². The molecular formula is C8H10ClF3IN3S. The molecule has 2 rings (SSSR count). The number of nitrogens with zero attached hydrogens (tertiary/aromatic N) is 2. The average Bonchev–Trinajstić information content (AvgIpc) is 2.66. The summed E-state index contributed by atoms with van der Waals surface area (Å²) in [5.74, 6) is 0. The van der Waals surface area contributed by atoms with Gasteiger partial charge in [0, 0.05) is 19.6 Å². The number of thiazole rings is 1. The van der Waals surface area contributed by atoms with Crippen molar-refractivity contribution in [2.45, 2.75) is 10.2 Å². The van der Waals surface area contributed by atoms with Crippen molar-refractivity contribution in [3.05, 3.63) is 11.1 Å². The van der Waals surface area contributed by atoms with Gasteiger partial charge in [-0.2, -0.15) is 13.2 Å². The van der Waals surface area contributed by atoms with E-state index in [-0.39, 0.29) is 16.5 Å². The lowest BCUT2D eigenvalue weighted by atomic mass is 10.4. The van der Waals surface area contributed by atoms with E-state index in [0.29, 0.717) is 23.0 Å². The van der Waals surface area contributed by atoms with E-state index in [1.807, 2.05) is 4.90 Å². The third-order valence-electron chi connectivity index (χ3n) is 2.20. The predicted octanol–water partition coefficient (Wildman–Crippen LogP) is 2.75. The van der Waals surface area contributed by atoms with Gasteiger partial charge in [-0.3, -0.25) is 0 Å². The van der Waals surface area contributed by atoms with Crippen molar-refractivity contribution < 1.29 is 13.2 Å². The second kappa shape index (κ2) is 5.89. The Hall–Kier alpha value is 0.200. The third-order valence-corrected chi connectivity index (χ3v) is 4.39. The summed E-state index contributed by atoms with van der Waals surface area (Å²) in [6.45, 7) is 2.24. The van der Waals surface area contributed by atoms with Gasteiger partial charge in [0.1, 0.15) is 4.88 Å². The molecule has 0 spiro atoms. The Morgan fingerprint density at radius 2 is 2.24 bits per heavy atom. The maximum absolute atomic E-state index is 12.4. The molecule has 2 heterocycles. The second-order valence-corrected chi connectivity index (χ2v) is 5.78. The first kappa shape index (κ1) is 15.3. The maximum atomic E-state index is 12.4. The molecule has 1 unspecified atom stereocenters. The van der Waals surface area contributed by atoms with Crippen LogP contribution in [0.5, 0.6) is 0 Å². The molecule has 1 aliphatic heterocycles. The van der Waals surface area contributed by atoms with Crippen molar-refractivity contribution in [2.75, 3.05) is 24.5 Å². The summed E-state index contributed by atoms with van der Waals surface area (Å²) in [4.78, 5) is 5.11. The summed E-state index contributed by atoms with van der Waals surface area (Å²) >= 11 is 2.91. The van der Waals surface area contributed by atoms with E-state index in [1.165, 1.54) is 0 Å². The molecule has 1 N–H and O–H groups in total. The molecule has 98 valence electrons. The van der Waals surface area contributed by atoms with Gasteiger partial charge in [0.25, 0.3) is 0 Å². The summed E-state index contributed by atoms with van der Waals surface area (Å²) in [7, 11) is 0. The average molecular weight is 400 g/mol. The summed E-state index contributed by atoms with van der Waals surface area (Å²) in [6.07, 6.45) is -3.38. The normalized spacial score (nSPS) is 21.2. The number of aromatic nitrogens is 1. The molecule has 0 radical (unpaired) electrons. The van der Waals surface area contributed by atoms with Crippen LogP contribution in [0.3, 0.4) is 0 Å². The molecule has 3 nitrogen and oxygen atoms in total. The van der Waals surface area contributed by atoms with E-state index in [4.69, 9.17) is 0 Å². The first-order chi connectivity index (χ1) is 7.48. The SMILES string of the molecule is Cl.FC(F)(F)c1cnc(N2CCNCC2I)s1. The molecule has 1 atom stereocenters. The number of hydrogen-bond acceptors (Lipinski definition) is 4. The minimum atomic E-state index is -4.29. The van der Waals surface area contributed by atoms with Crippen molar-refractivity contribution in [2.24, 2.45) is 0 Å². The molecule has 0 aliphatic carbocycles. The molecule has 1 aliphatic rings. The summed E-state index contributed by atoms with van der Waals surface area (Å²) in [6, 6.07) is 0. The lowest BCUT2D eigenvalue weighted by Crippen LogP contribution is -2.48. The van der Waals surface area contributed by atoms with Crippen LogP contribution in [0.4, 0.5) is 18.3 Å². The molecule has 1 aromatic rings. The fourth-order valence-electron chi connectivity index (χ4n) is 1.42. The van der Waals surface area contributed by atoms with Crippen molar-refractivity contribution >= 4 is 51.5 Å². The third kappa shape index (κ3) is 3.58. The van der Waals surface area contributed by atoms with Crippen LogP contribution in [-0.4, -0.2) is 28.7 Å². The predicted molar refractivity (Wildman–Crippen MR) is 72.4 cm³/mol. The van der Waals surface area contributed by atoms with Gasteiger partial charge in [-0.05, 0) is 0 Å². The van der Waals surface area contributed by atoms with Crippen LogP contribution >= 0.6 is 46.3 Å². The van der Waals surface area contributed by atoms with E-state index >= 15 is 0 Å². The van der Waals surface area contributed by atoms with Gasteiger partial charge < -0.3 is 10.2 Å². The minimum Gasteiger partial charge on any atom is -0.334 e. The molecular weight excluding hydrogens is 390 g/mol. The van der Waals surface area contributed by atoms with E-state index < -0.39 is 11.1 Å². The van der Waals surface area contributed by atoms with Gasteiger partial charge in [-0.25, -0.2) is 4.98 Å². The lowest BCUT2D eigenvalue weighted by Gasteiger charge is -2.32. The highest BCUT2D eigenvalue weighted by molar-refractivity contribution is 14.1. The fourth-order valence-corrected chi connectivity index (χ4v) is 3.32. The first-order valence-corrected chi connectivity index (χ1v) is 6.69. The Morgan fingerprint density at radius 3 is 2.76 bits per heavy atom. The Kier molecular flexibility index (Phi) is 5.29. The van der Waals surface area contributed by atoms with Crippen molar-refractivity contribution in [1.29, 1.82) is 0 Å². The van der Waals surface area contributed by atoms with E-state index in [0.717, 1.165) is 19.3 Å². The highest BCUT2D eigenvalue weighted by atomic mass is 127. The zero-order chi connectivity index (χ0) is 11.8. The Morgan fingerprint density at radius 1 is 1.53 bits per heavy atom. The monoisotopic (exact) mass is 399 g/mol. The Bertz CT molecular complexity index is 373. The van der Waals surface area contributed by atoms with Crippen LogP contribution in [0.2, 0.25) is 0 Å². The molecule has 9 heteroatoms. The smallest absolute Gasteiger partial charge is 0.334 e. The molecule has 0 bridgehead atoms. The van der Waals surface area contributed by atoms with Gasteiger partial charge in [-0.1, -0.05) is 33.9 Å². The highest BCUT2D eigenvalue weighted by Gasteiger charge is 2.34. The van der Waals surface area contributed by atoms with Gasteiger partial charge in [0.05, 0.1) is 10.2 Å². The Labute approximate surface area is 120 Å². The quantitative estimate of drug-likeness (QED) is 0.447. The van der Waals surface area contributed by atoms with Crippen LogP contribution in [0.1, 0.15) is 4.88 Å². The van der Waals surface area contributed by atoms with Crippen molar-refractivity contribution in [1.82, 2.24) is 10.3 Å². The second-order valence-electron chi connectivity index (χ2n) is 3.34. The molecule has 1 aromatic heterocycles. The molecule has 0 saturated carbocycles. The van der Waals surface area contributed by atoms with Crippen LogP contribution in [0, 0.1) is 0 Å². The number of hydrogen-bond donors (Lipinski definition) is 1. The zero-order valence-corrected chi connectivity index (χ0v) is 12.3. The van der Waals surface area contributed by atoms with Crippen LogP contribution in [0.15, 0.2) is 6.20 Å². The molecule has 17 heavy (non-hydrogen) atoms. The van der Waals surface area contributed by atoms with Crippen molar-refractivity contribution in [3.63, 3.8) is 0 Å². The molecule has 1 fully saturated rings. The van der Waals surface area contributed by atoms with E-state index in [2.05, 4.69) is 32.9 Å². The van der Waals surface area contributed by atoms with E-state index in [9.17, 15) is 13.2 Å². The Balaban J connectivity index is 0.00000144. The number of halogens is 5. The minimum absolute atomic E-state index is 0. The standard InChI is InChI=1S/C8H9F3IN3S.ClH/c9-8(10,11)5-3-14-7(16-5)15-2-1-13-4-6(15)12;/h3,6,13H,1-2,4H2;1H. The number of rotatable bonds is 1. The van der Waals surface area contributed by atoms with Gasteiger partial charge in [-0.15, -0.1) is 12.4 Å². The first-order valence-electron chi connectivity index (χ1n) is 4.63. The molecule has 1 saturated heterocycles. The zero-order valence-electron chi connectivity index (χ0n) is 8.50. The van der Waals surface area contributed by atoms with E-state index in [1.54, 1.807) is 0 Å².